The van der Waals surface area contributed by atoms with Crippen molar-refractivity contribution in [2.24, 2.45) is 0 Å². The maximum Gasteiger partial charge on any atom is 0.254 e. The van der Waals surface area contributed by atoms with Gasteiger partial charge in [-0.25, -0.2) is 4.98 Å². The lowest BCUT2D eigenvalue weighted by Crippen LogP contribution is -2.35. The van der Waals surface area contributed by atoms with E-state index in [-0.39, 0.29) is 5.56 Å². The smallest absolute Gasteiger partial charge is 0.254 e. The van der Waals surface area contributed by atoms with Gasteiger partial charge in [0.05, 0.1) is 17.3 Å². The van der Waals surface area contributed by atoms with Gasteiger partial charge in [-0.15, -0.1) is 0 Å². The quantitative estimate of drug-likeness (QED) is 0.942. The molecular weight excluding hydrogens is 288 g/mol. The molecule has 2 aliphatic rings. The summed E-state index contributed by atoms with van der Waals surface area (Å²) in [6, 6.07) is 9.88. The van der Waals surface area contributed by atoms with E-state index in [1.54, 1.807) is 0 Å². The Morgan fingerprint density at radius 3 is 3.04 bits per heavy atom. The second-order valence-corrected chi connectivity index (χ2v) is 6.42. The summed E-state index contributed by atoms with van der Waals surface area (Å²) in [4.78, 5) is 22.2. The fourth-order valence-corrected chi connectivity index (χ4v) is 3.20. The van der Waals surface area contributed by atoms with Crippen LogP contribution in [0.15, 0.2) is 29.1 Å². The third-order valence-corrected chi connectivity index (χ3v) is 4.60. The van der Waals surface area contributed by atoms with Gasteiger partial charge in [0.2, 0.25) is 0 Å². The molecule has 0 bridgehead atoms. The van der Waals surface area contributed by atoms with E-state index in [1.165, 1.54) is 0 Å². The first-order valence-electron chi connectivity index (χ1n) is 8.06. The lowest BCUT2D eigenvalue weighted by atomic mass is 10.0. The van der Waals surface area contributed by atoms with Crippen molar-refractivity contribution >= 4 is 0 Å². The number of benzene rings is 1. The van der Waals surface area contributed by atoms with Gasteiger partial charge in [-0.05, 0) is 37.0 Å². The summed E-state index contributed by atoms with van der Waals surface area (Å²) in [5, 5.41) is 9.01. The summed E-state index contributed by atoms with van der Waals surface area (Å²) in [6.07, 6.45) is 3.00. The molecule has 0 spiro atoms. The SMILES string of the molecule is N#Cc1cccc(CN2CCc3c(nc(C4CC4)[nH]c3=O)C2)c1. The van der Waals surface area contributed by atoms with Crippen LogP contribution in [0.1, 0.15) is 47.0 Å². The highest BCUT2D eigenvalue weighted by Crippen LogP contribution is 2.37. The Balaban J connectivity index is 1.56. The molecule has 1 aliphatic carbocycles. The van der Waals surface area contributed by atoms with Gasteiger partial charge in [0, 0.05) is 31.1 Å². The van der Waals surface area contributed by atoms with E-state index in [4.69, 9.17) is 10.2 Å². The summed E-state index contributed by atoms with van der Waals surface area (Å²) in [6.45, 7) is 2.33. The van der Waals surface area contributed by atoms with Gasteiger partial charge in [-0.3, -0.25) is 9.69 Å². The van der Waals surface area contributed by atoms with Crippen molar-refractivity contribution in [2.75, 3.05) is 6.54 Å². The monoisotopic (exact) mass is 306 g/mol. The molecule has 2 heterocycles. The van der Waals surface area contributed by atoms with Crippen molar-refractivity contribution in [3.63, 3.8) is 0 Å². The normalized spacial score (nSPS) is 17.5. The standard InChI is InChI=1S/C18H18N4O/c19-9-12-2-1-3-13(8-12)10-22-7-6-15-16(11-22)20-17(14-4-5-14)21-18(15)23/h1-3,8,14H,4-7,10-11H2,(H,20,21,23). The fraction of sp³-hybridized carbons (Fsp3) is 0.389. The Bertz CT molecular complexity index is 845. The zero-order valence-corrected chi connectivity index (χ0v) is 12.9. The van der Waals surface area contributed by atoms with E-state index in [1.807, 2.05) is 24.3 Å². The number of nitrogens with zero attached hydrogens (tertiary/aromatic N) is 3. The van der Waals surface area contributed by atoms with E-state index in [0.717, 1.165) is 55.0 Å². The molecule has 5 nitrogen and oxygen atoms in total. The summed E-state index contributed by atoms with van der Waals surface area (Å²) < 4.78 is 0. The maximum absolute atomic E-state index is 12.2. The number of hydrogen-bond acceptors (Lipinski definition) is 4. The average Bonchev–Trinajstić information content (AvgIpc) is 3.39. The van der Waals surface area contributed by atoms with Crippen LogP contribution in [0.5, 0.6) is 0 Å². The Kier molecular flexibility index (Phi) is 3.47. The molecule has 1 saturated carbocycles. The topological polar surface area (TPSA) is 72.8 Å². The maximum atomic E-state index is 12.2. The van der Waals surface area contributed by atoms with Crippen LogP contribution in [0.2, 0.25) is 0 Å². The Morgan fingerprint density at radius 1 is 1.39 bits per heavy atom. The van der Waals surface area contributed by atoms with E-state index in [2.05, 4.69) is 16.0 Å². The number of aromatic amines is 1. The number of nitriles is 1. The van der Waals surface area contributed by atoms with Crippen LogP contribution in [-0.4, -0.2) is 21.4 Å². The highest BCUT2D eigenvalue weighted by Gasteiger charge is 2.29. The van der Waals surface area contributed by atoms with E-state index >= 15 is 0 Å². The van der Waals surface area contributed by atoms with Gasteiger partial charge in [0.15, 0.2) is 0 Å². The number of aromatic nitrogens is 2. The zero-order chi connectivity index (χ0) is 15.8. The van der Waals surface area contributed by atoms with Crippen molar-refractivity contribution in [3.8, 4) is 6.07 Å². The Hall–Kier alpha value is -2.45. The molecule has 2 aromatic rings. The molecule has 1 aromatic carbocycles. The van der Waals surface area contributed by atoms with Gasteiger partial charge < -0.3 is 4.98 Å². The summed E-state index contributed by atoms with van der Waals surface area (Å²) >= 11 is 0. The average molecular weight is 306 g/mol. The highest BCUT2D eigenvalue weighted by atomic mass is 16.1. The lowest BCUT2D eigenvalue weighted by molar-refractivity contribution is 0.240. The first-order valence-corrected chi connectivity index (χ1v) is 8.06. The van der Waals surface area contributed by atoms with Crippen LogP contribution in [0.3, 0.4) is 0 Å². The highest BCUT2D eigenvalue weighted by molar-refractivity contribution is 5.33. The number of fused-ring (bicyclic) bond motifs is 1. The van der Waals surface area contributed by atoms with Crippen molar-refractivity contribution in [3.05, 3.63) is 62.8 Å². The van der Waals surface area contributed by atoms with Crippen LogP contribution in [-0.2, 0) is 19.5 Å². The minimum atomic E-state index is 0.0445. The van der Waals surface area contributed by atoms with Crippen LogP contribution < -0.4 is 5.56 Å². The molecule has 1 aromatic heterocycles. The molecule has 23 heavy (non-hydrogen) atoms. The molecule has 0 amide bonds. The second kappa shape index (κ2) is 5.64. The zero-order valence-electron chi connectivity index (χ0n) is 12.9. The summed E-state index contributed by atoms with van der Waals surface area (Å²) in [5.74, 6) is 1.32. The van der Waals surface area contributed by atoms with Crippen molar-refractivity contribution in [1.29, 1.82) is 5.26 Å². The fourth-order valence-electron chi connectivity index (χ4n) is 3.20. The van der Waals surface area contributed by atoms with Gasteiger partial charge in [-0.2, -0.15) is 5.26 Å². The van der Waals surface area contributed by atoms with Crippen LogP contribution in [0, 0.1) is 11.3 Å². The molecule has 116 valence electrons. The lowest BCUT2D eigenvalue weighted by Gasteiger charge is -2.27. The number of hydrogen-bond donors (Lipinski definition) is 1. The molecule has 5 heteroatoms. The number of rotatable bonds is 3. The first-order chi connectivity index (χ1) is 11.2. The molecule has 0 atom stereocenters. The van der Waals surface area contributed by atoms with Gasteiger partial charge in [0.1, 0.15) is 5.82 Å². The van der Waals surface area contributed by atoms with E-state index < -0.39 is 0 Å². The molecular formula is C18H18N4O. The van der Waals surface area contributed by atoms with Crippen LogP contribution in [0.25, 0.3) is 0 Å². The number of H-pyrrole nitrogens is 1. The Labute approximate surface area is 134 Å². The first kappa shape index (κ1) is 14.2. The Morgan fingerprint density at radius 2 is 2.26 bits per heavy atom. The molecule has 4 rings (SSSR count). The van der Waals surface area contributed by atoms with Crippen molar-refractivity contribution in [1.82, 2.24) is 14.9 Å². The van der Waals surface area contributed by atoms with E-state index in [0.29, 0.717) is 18.0 Å². The van der Waals surface area contributed by atoms with Gasteiger partial charge >= 0.3 is 0 Å². The molecule has 1 fully saturated rings. The van der Waals surface area contributed by atoms with Crippen LogP contribution >= 0.6 is 0 Å². The number of nitrogens with one attached hydrogen (secondary N) is 1. The molecule has 0 unspecified atom stereocenters. The minimum Gasteiger partial charge on any atom is -0.310 e. The van der Waals surface area contributed by atoms with Gasteiger partial charge in [0.25, 0.3) is 5.56 Å². The van der Waals surface area contributed by atoms with Crippen molar-refractivity contribution < 1.29 is 0 Å². The third kappa shape index (κ3) is 2.90. The predicted octanol–water partition coefficient (Wildman–Crippen LogP) is 2.08. The van der Waals surface area contributed by atoms with Crippen molar-refractivity contribution in [2.45, 2.75) is 38.3 Å². The second-order valence-electron chi connectivity index (χ2n) is 6.42. The third-order valence-electron chi connectivity index (χ3n) is 4.60. The predicted molar refractivity (Wildman–Crippen MR) is 85.8 cm³/mol. The molecule has 0 saturated heterocycles. The summed E-state index contributed by atoms with van der Waals surface area (Å²) in [7, 11) is 0. The van der Waals surface area contributed by atoms with Gasteiger partial charge in [-0.1, -0.05) is 12.1 Å². The molecule has 0 radical (unpaired) electrons. The van der Waals surface area contributed by atoms with Crippen LogP contribution in [0.4, 0.5) is 0 Å². The summed E-state index contributed by atoms with van der Waals surface area (Å²) in [5.41, 5.74) is 3.63. The molecule has 1 N–H and O–H groups in total. The minimum absolute atomic E-state index is 0.0445. The largest absolute Gasteiger partial charge is 0.310 e. The van der Waals surface area contributed by atoms with E-state index in [9.17, 15) is 4.79 Å². The molecule has 1 aliphatic heterocycles.